The van der Waals surface area contributed by atoms with E-state index in [9.17, 15) is 0 Å². The van der Waals surface area contributed by atoms with Crippen LogP contribution in [-0.2, 0) is 15.5 Å². The van der Waals surface area contributed by atoms with Gasteiger partial charge in [0.05, 0.1) is 0 Å². The Hall–Kier alpha value is 2.04. The molecule has 0 saturated carbocycles. The van der Waals surface area contributed by atoms with Gasteiger partial charge in [-0.1, -0.05) is 27.7 Å². The summed E-state index contributed by atoms with van der Waals surface area (Å²) >= 11 is -3.29. The molecule has 0 aliphatic heterocycles. The van der Waals surface area contributed by atoms with E-state index in [1.54, 1.807) is 0 Å². The second-order valence-electron chi connectivity index (χ2n) is 3.43. The topological polar surface area (TPSA) is 0 Å². The van der Waals surface area contributed by atoms with Gasteiger partial charge in [-0.3, -0.25) is 0 Å². The van der Waals surface area contributed by atoms with Gasteiger partial charge in [-0.15, -0.1) is 0 Å². The Morgan fingerprint density at radius 2 is 0.800 bits per heavy atom. The molecule has 0 aromatic rings. The molecule has 0 heterocycles. The number of hydrogen-bond acceptors (Lipinski definition) is 0. The third-order valence-electron chi connectivity index (χ3n) is 0. The van der Waals surface area contributed by atoms with Crippen LogP contribution in [0.25, 0.3) is 0 Å². The fourth-order valence-electron chi connectivity index (χ4n) is 0. The zero-order chi connectivity index (χ0) is 9.00. The van der Waals surface area contributed by atoms with E-state index in [1.807, 2.05) is 0 Å². The Labute approximate surface area is 81.8 Å². The summed E-state index contributed by atoms with van der Waals surface area (Å²) in [4.78, 5) is 0. The summed E-state index contributed by atoms with van der Waals surface area (Å²) in [6, 6.07) is 0. The van der Waals surface area contributed by atoms with Gasteiger partial charge in [-0.25, -0.2) is 0 Å². The van der Waals surface area contributed by atoms with Crippen LogP contribution in [0.3, 0.4) is 0 Å². The average molecular weight is 305 g/mol. The van der Waals surface area contributed by atoms with Crippen molar-refractivity contribution in [1.29, 1.82) is 0 Å². The van der Waals surface area contributed by atoms with E-state index < -0.39 is 15.5 Å². The molecule has 0 aromatic heterocycles. The van der Waals surface area contributed by atoms with E-state index >= 15 is 0 Å². The Morgan fingerprint density at radius 3 is 0.800 bits per heavy atom. The average Bonchev–Trinajstić information content (AvgIpc) is 1.12. The van der Waals surface area contributed by atoms with Crippen molar-refractivity contribution in [3.8, 4) is 0 Å². The van der Waals surface area contributed by atoms with E-state index in [-0.39, 0.29) is 0 Å². The second-order valence-corrected chi connectivity index (χ2v) is 25.8. The quantitative estimate of drug-likeness (QED) is 0.602. The van der Waals surface area contributed by atoms with E-state index in [0.29, 0.717) is 5.41 Å². The Kier molecular flexibility index (Phi) is 8.22. The zero-order valence-corrected chi connectivity index (χ0v) is 12.0. The summed E-state index contributed by atoms with van der Waals surface area (Å²) in [6.07, 6.45) is 0. The van der Waals surface area contributed by atoms with E-state index in [2.05, 4.69) is 27.7 Å². The van der Waals surface area contributed by atoms with Gasteiger partial charge in [0.1, 0.15) is 0 Å². The molecule has 0 rings (SSSR count). The van der Waals surface area contributed by atoms with Gasteiger partial charge in [0.25, 0.3) is 0 Å². The van der Waals surface area contributed by atoms with E-state index in [1.165, 1.54) is 0 Å². The van der Waals surface area contributed by atoms with Crippen LogP contribution in [0.2, 0.25) is 0 Å². The molecule has 0 N–H and O–H groups in total. The molecule has 64 valence electrons. The number of halogens is 4. The molecule has 0 amide bonds. The molecule has 5 heteroatoms. The predicted molar refractivity (Wildman–Crippen MR) is 48.5 cm³/mol. The standard InChI is InChI=1S/C5H12.4ClH.Zr/c1-5(2,3)4;;;;;/h1-4H3;4*1H;/q;;;;;+4/p-4. The Morgan fingerprint density at radius 1 is 0.800 bits per heavy atom. The molecule has 0 atom stereocenters. The summed E-state index contributed by atoms with van der Waals surface area (Å²) in [5, 5.41) is 0. The number of hydrogen-bond donors (Lipinski definition) is 0. The fraction of sp³-hybridized carbons (Fsp3) is 1.00. The maximum atomic E-state index is 5.04. The van der Waals surface area contributed by atoms with Gasteiger partial charge < -0.3 is 0 Å². The van der Waals surface area contributed by atoms with Gasteiger partial charge in [-0.2, -0.15) is 0 Å². The van der Waals surface area contributed by atoms with Crippen molar-refractivity contribution in [1.82, 2.24) is 0 Å². The van der Waals surface area contributed by atoms with Crippen LogP contribution < -0.4 is 0 Å². The number of rotatable bonds is 0. The van der Waals surface area contributed by atoms with Crippen LogP contribution >= 0.6 is 34.1 Å². The fourth-order valence-corrected chi connectivity index (χ4v) is 0. The molecule has 0 spiro atoms. The van der Waals surface area contributed by atoms with Crippen molar-refractivity contribution in [2.75, 3.05) is 0 Å². The zero-order valence-electron chi connectivity index (χ0n) is 6.51. The van der Waals surface area contributed by atoms with Crippen molar-refractivity contribution in [2.45, 2.75) is 27.7 Å². The monoisotopic (exact) mass is 302 g/mol. The molecule has 0 fully saturated rings. The Bertz CT molecular complexity index is 56.6. The summed E-state index contributed by atoms with van der Waals surface area (Å²) < 4.78 is 0. The van der Waals surface area contributed by atoms with Crippen molar-refractivity contribution in [3.05, 3.63) is 0 Å². The third kappa shape index (κ3) is 197. The summed E-state index contributed by atoms with van der Waals surface area (Å²) in [7, 11) is 20.1. The normalized spacial score (nSPS) is 12.0. The molecule has 0 aromatic carbocycles. The predicted octanol–water partition coefficient (Wildman–Crippen LogP) is 4.81. The molecule has 0 aliphatic rings. The second kappa shape index (κ2) is 5.65. The van der Waals surface area contributed by atoms with Gasteiger partial charge in [0, 0.05) is 0 Å². The molecule has 10 heavy (non-hydrogen) atoms. The first-order chi connectivity index (χ1) is 4.00. The van der Waals surface area contributed by atoms with Crippen molar-refractivity contribution >= 4 is 34.1 Å². The minimum atomic E-state index is -3.29. The van der Waals surface area contributed by atoms with Crippen LogP contribution in [0.4, 0.5) is 0 Å². The summed E-state index contributed by atoms with van der Waals surface area (Å²) in [5.41, 5.74) is 0.500. The molecule has 0 saturated heterocycles. The molecular formula is C5H12Cl4Zr. The molecule has 0 aliphatic carbocycles. The first-order valence-electron chi connectivity index (χ1n) is 2.76. The summed E-state index contributed by atoms with van der Waals surface area (Å²) in [6.45, 7) is 8.75. The minimum absolute atomic E-state index is 0.500. The van der Waals surface area contributed by atoms with Crippen molar-refractivity contribution in [2.24, 2.45) is 5.41 Å². The first kappa shape index (κ1) is 14.6. The van der Waals surface area contributed by atoms with Crippen LogP contribution in [0.15, 0.2) is 0 Å². The van der Waals surface area contributed by atoms with E-state index in [4.69, 9.17) is 34.1 Å². The van der Waals surface area contributed by atoms with Gasteiger partial charge in [-0.05, 0) is 5.41 Å². The summed E-state index contributed by atoms with van der Waals surface area (Å²) in [5.74, 6) is 0. The first-order valence-corrected chi connectivity index (χ1v) is 15.4. The van der Waals surface area contributed by atoms with Crippen LogP contribution in [-0.4, -0.2) is 0 Å². The van der Waals surface area contributed by atoms with E-state index in [0.717, 1.165) is 0 Å². The van der Waals surface area contributed by atoms with Crippen LogP contribution in [0.5, 0.6) is 0 Å². The Balaban J connectivity index is 0. The molecule has 0 nitrogen and oxygen atoms in total. The SMILES string of the molecule is CC(C)(C)C.[Cl][Zr]([Cl])([Cl])[Cl]. The van der Waals surface area contributed by atoms with Gasteiger partial charge in [0.2, 0.25) is 0 Å². The van der Waals surface area contributed by atoms with Gasteiger partial charge >= 0.3 is 49.5 Å². The molecule has 0 unspecified atom stereocenters. The molecular weight excluding hydrogens is 293 g/mol. The maximum absolute atomic E-state index is 5.04. The van der Waals surface area contributed by atoms with Crippen LogP contribution in [0.1, 0.15) is 27.7 Å². The third-order valence-corrected chi connectivity index (χ3v) is 0. The van der Waals surface area contributed by atoms with Crippen molar-refractivity contribution in [3.63, 3.8) is 0 Å². The molecule has 0 bridgehead atoms. The van der Waals surface area contributed by atoms with Crippen molar-refractivity contribution < 1.29 is 15.5 Å². The van der Waals surface area contributed by atoms with Gasteiger partial charge in [0.15, 0.2) is 0 Å². The van der Waals surface area contributed by atoms with Crippen LogP contribution in [0, 0.1) is 5.41 Å². The molecule has 0 radical (unpaired) electrons.